The Morgan fingerprint density at radius 1 is 1.31 bits per heavy atom. The Balaban J connectivity index is 1.60. The fraction of sp³-hybridized carbons (Fsp3) is 1.00. The van der Waals surface area contributed by atoms with Gasteiger partial charge in [-0.2, -0.15) is 11.8 Å². The summed E-state index contributed by atoms with van der Waals surface area (Å²) in [6, 6.07) is 0.885. The predicted octanol–water partition coefficient (Wildman–Crippen LogP) is 2.52. The fourth-order valence-electron chi connectivity index (χ4n) is 2.96. The second kappa shape index (κ2) is 4.70. The standard InChI is InChI=1S/C11H21NS/c1-2-13-6-5-12-11-8-9-3-4-10(11)7-9/h9-12H,2-8H2,1H3. The van der Waals surface area contributed by atoms with Crippen LogP contribution in [0.25, 0.3) is 0 Å². The van der Waals surface area contributed by atoms with Crippen molar-refractivity contribution >= 4 is 11.8 Å². The quantitative estimate of drug-likeness (QED) is 0.683. The number of hydrogen-bond acceptors (Lipinski definition) is 2. The summed E-state index contributed by atoms with van der Waals surface area (Å²) in [5, 5.41) is 3.73. The molecule has 0 heterocycles. The smallest absolute Gasteiger partial charge is 0.00984 e. The van der Waals surface area contributed by atoms with Crippen molar-refractivity contribution in [1.82, 2.24) is 5.32 Å². The van der Waals surface area contributed by atoms with E-state index in [1.165, 1.54) is 43.7 Å². The summed E-state index contributed by atoms with van der Waals surface area (Å²) >= 11 is 2.05. The molecular weight excluding hydrogens is 178 g/mol. The lowest BCUT2D eigenvalue weighted by molar-refractivity contribution is 0.359. The van der Waals surface area contributed by atoms with Crippen molar-refractivity contribution in [3.05, 3.63) is 0 Å². The van der Waals surface area contributed by atoms with Crippen molar-refractivity contribution in [3.63, 3.8) is 0 Å². The average molecular weight is 199 g/mol. The lowest BCUT2D eigenvalue weighted by Crippen LogP contribution is -2.35. The van der Waals surface area contributed by atoms with Gasteiger partial charge < -0.3 is 5.32 Å². The molecule has 0 aromatic carbocycles. The largest absolute Gasteiger partial charge is 0.313 e. The summed E-state index contributed by atoms with van der Waals surface area (Å²) in [5.74, 6) is 4.68. The van der Waals surface area contributed by atoms with Gasteiger partial charge in [0.1, 0.15) is 0 Å². The van der Waals surface area contributed by atoms with Crippen LogP contribution in [-0.2, 0) is 0 Å². The van der Waals surface area contributed by atoms with Crippen LogP contribution < -0.4 is 5.32 Å². The summed E-state index contributed by atoms with van der Waals surface area (Å²) in [6.07, 6.45) is 6.02. The number of fused-ring (bicyclic) bond motifs is 2. The molecule has 2 fully saturated rings. The van der Waals surface area contributed by atoms with E-state index in [0.29, 0.717) is 0 Å². The first kappa shape index (κ1) is 9.85. The molecule has 0 amide bonds. The van der Waals surface area contributed by atoms with Crippen LogP contribution in [0.4, 0.5) is 0 Å². The van der Waals surface area contributed by atoms with Gasteiger partial charge in [-0.1, -0.05) is 13.3 Å². The van der Waals surface area contributed by atoms with Crippen molar-refractivity contribution in [2.24, 2.45) is 11.8 Å². The fourth-order valence-corrected chi connectivity index (χ4v) is 3.51. The van der Waals surface area contributed by atoms with Gasteiger partial charge in [-0.15, -0.1) is 0 Å². The zero-order valence-corrected chi connectivity index (χ0v) is 9.41. The molecule has 0 aromatic rings. The maximum atomic E-state index is 3.73. The molecule has 0 saturated heterocycles. The third-order valence-electron chi connectivity index (χ3n) is 3.60. The van der Waals surface area contributed by atoms with E-state index in [0.717, 1.165) is 17.9 Å². The van der Waals surface area contributed by atoms with Crippen molar-refractivity contribution in [2.45, 2.75) is 38.6 Å². The van der Waals surface area contributed by atoms with Crippen LogP contribution in [0, 0.1) is 11.8 Å². The minimum atomic E-state index is 0.885. The number of nitrogens with one attached hydrogen (secondary N) is 1. The molecule has 0 radical (unpaired) electrons. The molecule has 13 heavy (non-hydrogen) atoms. The van der Waals surface area contributed by atoms with Crippen LogP contribution in [0.1, 0.15) is 32.6 Å². The minimum absolute atomic E-state index is 0.885. The van der Waals surface area contributed by atoms with E-state index in [1.54, 1.807) is 0 Å². The van der Waals surface area contributed by atoms with Crippen molar-refractivity contribution in [2.75, 3.05) is 18.1 Å². The van der Waals surface area contributed by atoms with E-state index in [9.17, 15) is 0 Å². The van der Waals surface area contributed by atoms with Crippen LogP contribution in [0.5, 0.6) is 0 Å². The maximum absolute atomic E-state index is 3.73. The molecule has 2 bridgehead atoms. The third-order valence-corrected chi connectivity index (χ3v) is 4.50. The molecule has 2 heteroatoms. The molecule has 2 aliphatic carbocycles. The summed E-state index contributed by atoms with van der Waals surface area (Å²) in [5.41, 5.74) is 0. The highest BCUT2D eigenvalue weighted by molar-refractivity contribution is 7.99. The predicted molar refractivity (Wildman–Crippen MR) is 60.2 cm³/mol. The molecule has 0 spiro atoms. The highest BCUT2D eigenvalue weighted by atomic mass is 32.2. The first-order valence-corrected chi connectivity index (χ1v) is 6.86. The first-order valence-electron chi connectivity index (χ1n) is 5.71. The first-order chi connectivity index (χ1) is 6.40. The van der Waals surface area contributed by atoms with E-state index in [-0.39, 0.29) is 0 Å². The zero-order chi connectivity index (χ0) is 9.10. The summed E-state index contributed by atoms with van der Waals surface area (Å²) in [4.78, 5) is 0. The lowest BCUT2D eigenvalue weighted by atomic mass is 9.95. The summed E-state index contributed by atoms with van der Waals surface area (Å²) in [7, 11) is 0. The Morgan fingerprint density at radius 3 is 2.85 bits per heavy atom. The SMILES string of the molecule is CCSCCNC1CC2CCC1C2. The molecule has 3 atom stereocenters. The number of rotatable bonds is 5. The van der Waals surface area contributed by atoms with E-state index in [4.69, 9.17) is 0 Å². The van der Waals surface area contributed by atoms with Gasteiger partial charge in [-0.05, 0) is 36.9 Å². The molecule has 2 aliphatic rings. The van der Waals surface area contributed by atoms with Gasteiger partial charge in [0.05, 0.1) is 0 Å². The van der Waals surface area contributed by atoms with Crippen LogP contribution in [-0.4, -0.2) is 24.1 Å². The molecule has 2 saturated carbocycles. The summed E-state index contributed by atoms with van der Waals surface area (Å²) < 4.78 is 0. The van der Waals surface area contributed by atoms with Gasteiger partial charge in [0.15, 0.2) is 0 Å². The van der Waals surface area contributed by atoms with E-state index in [1.807, 2.05) is 11.8 Å². The Kier molecular flexibility index (Phi) is 3.56. The Morgan fingerprint density at radius 2 is 2.23 bits per heavy atom. The van der Waals surface area contributed by atoms with E-state index >= 15 is 0 Å². The van der Waals surface area contributed by atoms with Crippen LogP contribution >= 0.6 is 11.8 Å². The van der Waals surface area contributed by atoms with E-state index in [2.05, 4.69) is 12.2 Å². The van der Waals surface area contributed by atoms with Gasteiger partial charge in [-0.3, -0.25) is 0 Å². The van der Waals surface area contributed by atoms with Crippen molar-refractivity contribution < 1.29 is 0 Å². The molecule has 2 rings (SSSR count). The topological polar surface area (TPSA) is 12.0 Å². The molecule has 0 aliphatic heterocycles. The van der Waals surface area contributed by atoms with Crippen LogP contribution in [0.3, 0.4) is 0 Å². The molecule has 76 valence electrons. The van der Waals surface area contributed by atoms with Gasteiger partial charge in [0.25, 0.3) is 0 Å². The summed E-state index contributed by atoms with van der Waals surface area (Å²) in [6.45, 7) is 3.47. The minimum Gasteiger partial charge on any atom is -0.313 e. The van der Waals surface area contributed by atoms with Gasteiger partial charge in [-0.25, -0.2) is 0 Å². The zero-order valence-electron chi connectivity index (χ0n) is 8.59. The van der Waals surface area contributed by atoms with Crippen LogP contribution in [0.15, 0.2) is 0 Å². The molecule has 0 aromatic heterocycles. The maximum Gasteiger partial charge on any atom is 0.00984 e. The number of thioether (sulfide) groups is 1. The Labute approximate surface area is 86.0 Å². The Bertz CT molecular complexity index is 160. The monoisotopic (exact) mass is 199 g/mol. The van der Waals surface area contributed by atoms with Crippen molar-refractivity contribution in [3.8, 4) is 0 Å². The second-order valence-electron chi connectivity index (χ2n) is 4.43. The highest BCUT2D eigenvalue weighted by Gasteiger charge is 2.38. The number of hydrogen-bond donors (Lipinski definition) is 1. The second-order valence-corrected chi connectivity index (χ2v) is 5.83. The molecule has 3 unspecified atom stereocenters. The molecular formula is C11H21NS. The molecule has 1 nitrogen and oxygen atoms in total. The Hall–Kier alpha value is 0.310. The van der Waals surface area contributed by atoms with E-state index < -0.39 is 0 Å². The van der Waals surface area contributed by atoms with Crippen molar-refractivity contribution in [1.29, 1.82) is 0 Å². The van der Waals surface area contributed by atoms with Gasteiger partial charge in [0.2, 0.25) is 0 Å². The third kappa shape index (κ3) is 2.41. The lowest BCUT2D eigenvalue weighted by Gasteiger charge is -2.22. The highest BCUT2D eigenvalue weighted by Crippen LogP contribution is 2.44. The average Bonchev–Trinajstić information content (AvgIpc) is 2.73. The van der Waals surface area contributed by atoms with Gasteiger partial charge >= 0.3 is 0 Å². The molecule has 1 N–H and O–H groups in total. The normalized spacial score (nSPS) is 37.2. The van der Waals surface area contributed by atoms with Crippen LogP contribution in [0.2, 0.25) is 0 Å². The van der Waals surface area contributed by atoms with Gasteiger partial charge in [0, 0.05) is 18.3 Å².